The molecule has 3 aromatic rings. The lowest BCUT2D eigenvalue weighted by atomic mass is 10.2. The highest BCUT2D eigenvalue weighted by molar-refractivity contribution is 5.67. The number of alkyl carbamates (subject to hydrolysis) is 1. The summed E-state index contributed by atoms with van der Waals surface area (Å²) in [4.78, 5) is 24.1. The van der Waals surface area contributed by atoms with Gasteiger partial charge in [0.15, 0.2) is 5.76 Å². The van der Waals surface area contributed by atoms with Gasteiger partial charge >= 0.3 is 6.09 Å². The summed E-state index contributed by atoms with van der Waals surface area (Å²) in [7, 11) is 0. The van der Waals surface area contributed by atoms with E-state index in [4.69, 9.17) is 9.15 Å². The number of nitrogens with zero attached hydrogens (tertiary/aromatic N) is 3. The lowest BCUT2D eigenvalue weighted by molar-refractivity contribution is 0.139. The highest BCUT2D eigenvalue weighted by Crippen LogP contribution is 2.19. The average molecular weight is 310 g/mol. The highest BCUT2D eigenvalue weighted by Gasteiger charge is 2.11. The van der Waals surface area contributed by atoms with Crippen LogP contribution >= 0.6 is 0 Å². The van der Waals surface area contributed by atoms with E-state index >= 15 is 0 Å². The molecule has 0 saturated carbocycles. The van der Waals surface area contributed by atoms with Gasteiger partial charge in [0.05, 0.1) is 18.5 Å². The van der Waals surface area contributed by atoms with Crippen molar-refractivity contribution in [1.29, 1.82) is 0 Å². The maximum Gasteiger partial charge on any atom is 0.407 e. The number of aromatic nitrogens is 3. The summed E-state index contributed by atoms with van der Waals surface area (Å²) in [6.07, 6.45) is 7.45. The molecule has 3 rings (SSSR count). The molecule has 0 spiro atoms. The van der Waals surface area contributed by atoms with Crippen LogP contribution in [0.15, 0.2) is 59.7 Å². The van der Waals surface area contributed by atoms with Gasteiger partial charge in [-0.2, -0.15) is 0 Å². The van der Waals surface area contributed by atoms with E-state index in [1.807, 2.05) is 0 Å². The average Bonchev–Trinajstić information content (AvgIpc) is 3.14. The van der Waals surface area contributed by atoms with Crippen molar-refractivity contribution in [2.24, 2.45) is 0 Å². The molecule has 7 heteroatoms. The van der Waals surface area contributed by atoms with E-state index < -0.39 is 6.09 Å². The lowest BCUT2D eigenvalue weighted by Crippen LogP contribution is -2.24. The van der Waals surface area contributed by atoms with Gasteiger partial charge in [0.2, 0.25) is 0 Å². The van der Waals surface area contributed by atoms with Crippen LogP contribution in [-0.2, 0) is 17.9 Å². The van der Waals surface area contributed by atoms with Crippen molar-refractivity contribution in [3.8, 4) is 11.5 Å². The molecular weight excluding hydrogens is 296 g/mol. The Labute approximate surface area is 132 Å². The number of hydrogen-bond donors (Lipinski definition) is 1. The lowest BCUT2D eigenvalue weighted by Gasteiger charge is -2.08. The van der Waals surface area contributed by atoms with E-state index in [1.165, 1.54) is 0 Å². The number of ether oxygens (including phenoxy) is 1. The minimum Gasteiger partial charge on any atom is -0.463 e. The number of amides is 1. The van der Waals surface area contributed by atoms with Crippen LogP contribution in [0.2, 0.25) is 0 Å². The summed E-state index contributed by atoms with van der Waals surface area (Å²) in [5.74, 6) is 0.597. The van der Waals surface area contributed by atoms with Gasteiger partial charge < -0.3 is 14.5 Å². The molecule has 1 N–H and O–H groups in total. The Morgan fingerprint density at radius 3 is 2.74 bits per heavy atom. The fourth-order valence-corrected chi connectivity index (χ4v) is 1.95. The van der Waals surface area contributed by atoms with Crippen LogP contribution in [0, 0.1) is 0 Å². The van der Waals surface area contributed by atoms with Crippen LogP contribution in [-0.4, -0.2) is 21.0 Å². The number of carbonyl (C=O) groups excluding carboxylic acids is 1. The first-order valence-corrected chi connectivity index (χ1v) is 6.96. The summed E-state index contributed by atoms with van der Waals surface area (Å²) in [5.41, 5.74) is 2.06. The standard InChI is InChI=1S/C16H14N4O3/c21-16(23-11-12-3-5-17-6-4-12)20-10-13-15(19-8-7-18-13)14-2-1-9-22-14/h1-9H,10-11H2,(H,20,21). The Morgan fingerprint density at radius 1 is 1.13 bits per heavy atom. The monoisotopic (exact) mass is 310 g/mol. The van der Waals surface area contributed by atoms with Crippen LogP contribution in [0.4, 0.5) is 4.79 Å². The van der Waals surface area contributed by atoms with Crippen molar-refractivity contribution >= 4 is 6.09 Å². The maximum absolute atomic E-state index is 11.8. The van der Waals surface area contributed by atoms with Crippen molar-refractivity contribution in [2.45, 2.75) is 13.2 Å². The summed E-state index contributed by atoms with van der Waals surface area (Å²) >= 11 is 0. The molecule has 23 heavy (non-hydrogen) atoms. The van der Waals surface area contributed by atoms with Crippen molar-refractivity contribution in [3.63, 3.8) is 0 Å². The molecule has 7 nitrogen and oxygen atoms in total. The number of pyridine rings is 1. The Kier molecular flexibility index (Phi) is 4.58. The minimum absolute atomic E-state index is 0.180. The van der Waals surface area contributed by atoms with Crippen LogP contribution in [0.1, 0.15) is 11.3 Å². The van der Waals surface area contributed by atoms with Gasteiger partial charge in [-0.05, 0) is 29.8 Å². The molecule has 3 heterocycles. The Bertz CT molecular complexity index is 760. The molecule has 0 unspecified atom stereocenters. The van der Waals surface area contributed by atoms with Crippen LogP contribution in [0.3, 0.4) is 0 Å². The number of carbonyl (C=O) groups is 1. The van der Waals surface area contributed by atoms with E-state index in [0.29, 0.717) is 17.1 Å². The molecule has 0 fully saturated rings. The molecule has 0 aliphatic rings. The third-order valence-electron chi connectivity index (χ3n) is 3.05. The van der Waals surface area contributed by atoms with Crippen LogP contribution in [0.25, 0.3) is 11.5 Å². The number of hydrogen-bond acceptors (Lipinski definition) is 6. The topological polar surface area (TPSA) is 90.1 Å². The largest absolute Gasteiger partial charge is 0.463 e. The third kappa shape index (κ3) is 3.91. The van der Waals surface area contributed by atoms with Crippen molar-refractivity contribution < 1.29 is 13.9 Å². The van der Waals surface area contributed by atoms with E-state index in [9.17, 15) is 4.79 Å². The Balaban J connectivity index is 1.57. The van der Waals surface area contributed by atoms with Gasteiger partial charge in [-0.25, -0.2) is 9.78 Å². The van der Waals surface area contributed by atoms with E-state index in [2.05, 4.69) is 20.3 Å². The molecule has 0 bridgehead atoms. The first kappa shape index (κ1) is 14.7. The predicted octanol–water partition coefficient (Wildman–Crippen LogP) is 2.56. The molecule has 0 aliphatic carbocycles. The Hall–Kier alpha value is -3.22. The molecule has 0 radical (unpaired) electrons. The summed E-state index contributed by atoms with van der Waals surface area (Å²) in [6, 6.07) is 7.12. The van der Waals surface area contributed by atoms with Gasteiger partial charge in [0, 0.05) is 24.8 Å². The zero-order valence-electron chi connectivity index (χ0n) is 12.2. The van der Waals surface area contributed by atoms with Crippen molar-refractivity contribution in [1.82, 2.24) is 20.3 Å². The zero-order valence-corrected chi connectivity index (χ0v) is 12.2. The summed E-state index contributed by atoms with van der Waals surface area (Å²) in [5, 5.41) is 2.65. The van der Waals surface area contributed by atoms with Gasteiger partial charge in [-0.15, -0.1) is 0 Å². The third-order valence-corrected chi connectivity index (χ3v) is 3.05. The molecule has 3 aromatic heterocycles. The summed E-state index contributed by atoms with van der Waals surface area (Å²) < 4.78 is 10.5. The first-order chi connectivity index (χ1) is 11.3. The van der Waals surface area contributed by atoms with Gasteiger partial charge in [-0.1, -0.05) is 0 Å². The second-order valence-corrected chi connectivity index (χ2v) is 4.61. The zero-order chi connectivity index (χ0) is 15.9. The van der Waals surface area contributed by atoms with Gasteiger partial charge in [0.25, 0.3) is 0 Å². The van der Waals surface area contributed by atoms with Crippen LogP contribution < -0.4 is 5.32 Å². The van der Waals surface area contributed by atoms with Crippen molar-refractivity contribution in [3.05, 3.63) is 66.6 Å². The molecule has 0 atom stereocenters. The SMILES string of the molecule is O=C(NCc1nccnc1-c1ccco1)OCc1ccncc1. The van der Waals surface area contributed by atoms with E-state index in [0.717, 1.165) is 5.56 Å². The minimum atomic E-state index is -0.530. The molecule has 0 aromatic carbocycles. The number of nitrogens with one attached hydrogen (secondary N) is 1. The highest BCUT2D eigenvalue weighted by atomic mass is 16.5. The van der Waals surface area contributed by atoms with Crippen molar-refractivity contribution in [2.75, 3.05) is 0 Å². The molecule has 0 aliphatic heterocycles. The molecule has 116 valence electrons. The smallest absolute Gasteiger partial charge is 0.407 e. The van der Waals surface area contributed by atoms with Gasteiger partial charge in [0.1, 0.15) is 12.3 Å². The first-order valence-electron chi connectivity index (χ1n) is 6.96. The molecule has 0 saturated heterocycles. The normalized spacial score (nSPS) is 10.3. The summed E-state index contributed by atoms with van der Waals surface area (Å²) in [6.45, 7) is 0.374. The Morgan fingerprint density at radius 2 is 1.96 bits per heavy atom. The number of furan rings is 1. The van der Waals surface area contributed by atoms with Crippen LogP contribution in [0.5, 0.6) is 0 Å². The second kappa shape index (κ2) is 7.17. The number of rotatable bonds is 5. The molecular formula is C16H14N4O3. The fraction of sp³-hybridized carbons (Fsp3) is 0.125. The maximum atomic E-state index is 11.8. The molecule has 1 amide bonds. The second-order valence-electron chi connectivity index (χ2n) is 4.61. The predicted molar refractivity (Wildman–Crippen MR) is 81.0 cm³/mol. The van der Waals surface area contributed by atoms with E-state index in [1.54, 1.807) is 55.3 Å². The van der Waals surface area contributed by atoms with Gasteiger partial charge in [-0.3, -0.25) is 9.97 Å². The fourth-order valence-electron chi connectivity index (χ4n) is 1.95. The quantitative estimate of drug-likeness (QED) is 0.779. The van der Waals surface area contributed by atoms with E-state index in [-0.39, 0.29) is 13.2 Å².